The largest absolute Gasteiger partial charge is 0.204 e. The van der Waals surface area contributed by atoms with Crippen molar-refractivity contribution in [3.63, 3.8) is 0 Å². The first-order valence-electron chi connectivity index (χ1n) is 3.32. The molecule has 0 saturated carbocycles. The fourth-order valence-electron chi connectivity index (χ4n) is 0.829. The summed E-state index contributed by atoms with van der Waals surface area (Å²) in [4.78, 5) is 0. The van der Waals surface area contributed by atoms with Gasteiger partial charge in [-0.05, 0) is 13.0 Å². The Hall–Kier alpha value is -1.18. The van der Waals surface area contributed by atoms with Gasteiger partial charge in [0, 0.05) is 5.56 Å². The highest BCUT2D eigenvalue weighted by atomic mass is 19.2. The van der Waals surface area contributed by atoms with Gasteiger partial charge in [0.15, 0.2) is 11.6 Å². The number of rotatable bonds is 1. The van der Waals surface area contributed by atoms with E-state index in [1.165, 1.54) is 18.2 Å². The molecule has 11 heavy (non-hydrogen) atoms. The molecule has 0 heterocycles. The number of halogens is 2. The van der Waals surface area contributed by atoms with E-state index in [0.717, 1.165) is 6.07 Å². The van der Waals surface area contributed by atoms with Crippen molar-refractivity contribution in [1.29, 1.82) is 0 Å². The molecule has 0 aliphatic rings. The molecule has 0 amide bonds. The lowest BCUT2D eigenvalue weighted by molar-refractivity contribution is 0.507. The minimum Gasteiger partial charge on any atom is -0.204 e. The fraction of sp³-hybridized carbons (Fsp3) is 0.111. The van der Waals surface area contributed by atoms with Crippen LogP contribution in [-0.4, -0.2) is 0 Å². The summed E-state index contributed by atoms with van der Waals surface area (Å²) in [5.41, 5.74) is 0.285. The Morgan fingerprint density at radius 2 is 2.00 bits per heavy atom. The van der Waals surface area contributed by atoms with Crippen molar-refractivity contribution in [2.75, 3.05) is 0 Å². The van der Waals surface area contributed by atoms with Crippen molar-refractivity contribution in [2.24, 2.45) is 0 Å². The van der Waals surface area contributed by atoms with Crippen LogP contribution >= 0.6 is 0 Å². The van der Waals surface area contributed by atoms with Crippen molar-refractivity contribution in [1.82, 2.24) is 0 Å². The van der Waals surface area contributed by atoms with Gasteiger partial charge in [0.05, 0.1) is 0 Å². The van der Waals surface area contributed by atoms with Gasteiger partial charge in [-0.15, -0.1) is 0 Å². The zero-order valence-electron chi connectivity index (χ0n) is 6.14. The number of hydrogen-bond acceptors (Lipinski definition) is 0. The second-order valence-electron chi connectivity index (χ2n) is 2.14. The Labute approximate surface area is 64.2 Å². The van der Waals surface area contributed by atoms with Gasteiger partial charge in [-0.25, -0.2) is 8.78 Å². The summed E-state index contributed by atoms with van der Waals surface area (Å²) in [5, 5.41) is 0. The normalized spacial score (nSPS) is 10.8. The maximum Gasteiger partial charge on any atom is 0.166 e. The molecule has 0 fully saturated rings. The average Bonchev–Trinajstić information content (AvgIpc) is 1.99. The molecule has 1 rings (SSSR count). The second-order valence-corrected chi connectivity index (χ2v) is 2.14. The first-order chi connectivity index (χ1) is 5.25. The van der Waals surface area contributed by atoms with Crippen LogP contribution < -0.4 is 0 Å². The molecule has 0 nitrogen and oxygen atoms in total. The van der Waals surface area contributed by atoms with Crippen LogP contribution in [0.2, 0.25) is 0 Å². The molecule has 0 N–H and O–H groups in total. The number of allylic oxidation sites excluding steroid dienone is 1. The van der Waals surface area contributed by atoms with Crippen molar-refractivity contribution < 1.29 is 8.78 Å². The summed E-state index contributed by atoms with van der Waals surface area (Å²) in [6.45, 7) is 1.75. The molecule has 1 aromatic carbocycles. The van der Waals surface area contributed by atoms with Crippen molar-refractivity contribution >= 4 is 6.08 Å². The van der Waals surface area contributed by atoms with Gasteiger partial charge >= 0.3 is 0 Å². The van der Waals surface area contributed by atoms with Gasteiger partial charge in [0.1, 0.15) is 0 Å². The maximum atomic E-state index is 12.8. The fourth-order valence-corrected chi connectivity index (χ4v) is 0.829. The lowest BCUT2D eigenvalue weighted by atomic mass is 10.2. The number of benzene rings is 1. The van der Waals surface area contributed by atoms with Crippen LogP contribution in [0.1, 0.15) is 12.5 Å². The zero-order valence-corrected chi connectivity index (χ0v) is 6.14. The highest BCUT2D eigenvalue weighted by Crippen LogP contribution is 2.12. The molecule has 0 bridgehead atoms. The maximum absolute atomic E-state index is 12.8. The zero-order chi connectivity index (χ0) is 8.27. The monoisotopic (exact) mass is 154 g/mol. The molecule has 58 valence electrons. The third kappa shape index (κ3) is 1.64. The molecule has 0 unspecified atom stereocenters. The van der Waals surface area contributed by atoms with Gasteiger partial charge in [0.25, 0.3) is 0 Å². The molecule has 0 aliphatic heterocycles. The van der Waals surface area contributed by atoms with E-state index >= 15 is 0 Å². The third-order valence-electron chi connectivity index (χ3n) is 1.33. The minimum atomic E-state index is -0.805. The molecule has 0 aliphatic carbocycles. The summed E-state index contributed by atoms with van der Waals surface area (Å²) in [6.07, 6.45) is 3.19. The molecule has 1 aromatic rings. The summed E-state index contributed by atoms with van der Waals surface area (Å²) in [5.74, 6) is -1.59. The van der Waals surface area contributed by atoms with Crippen LogP contribution in [0.25, 0.3) is 6.08 Å². The van der Waals surface area contributed by atoms with Crippen LogP contribution in [0, 0.1) is 11.6 Å². The first kappa shape index (κ1) is 7.92. The van der Waals surface area contributed by atoms with Gasteiger partial charge < -0.3 is 0 Å². The predicted molar refractivity (Wildman–Crippen MR) is 41.1 cm³/mol. The second kappa shape index (κ2) is 3.28. The van der Waals surface area contributed by atoms with Crippen LogP contribution in [-0.2, 0) is 0 Å². The van der Waals surface area contributed by atoms with Crippen molar-refractivity contribution in [2.45, 2.75) is 6.92 Å². The molecular formula is C9H8F2. The summed E-state index contributed by atoms with van der Waals surface area (Å²) >= 11 is 0. The summed E-state index contributed by atoms with van der Waals surface area (Å²) < 4.78 is 25.3. The molecular weight excluding hydrogens is 146 g/mol. The Morgan fingerprint density at radius 1 is 1.27 bits per heavy atom. The highest BCUT2D eigenvalue weighted by molar-refractivity contribution is 5.49. The van der Waals surface area contributed by atoms with E-state index in [-0.39, 0.29) is 5.56 Å². The van der Waals surface area contributed by atoms with Crippen molar-refractivity contribution in [3.05, 3.63) is 41.5 Å². The van der Waals surface area contributed by atoms with Crippen LogP contribution in [0.4, 0.5) is 8.78 Å². The smallest absolute Gasteiger partial charge is 0.166 e. The SMILES string of the molecule is C/C=C/c1cccc(F)c1F. The van der Waals surface area contributed by atoms with Crippen LogP contribution in [0.5, 0.6) is 0 Å². The Morgan fingerprint density at radius 3 is 2.64 bits per heavy atom. The van der Waals surface area contributed by atoms with Crippen LogP contribution in [0.3, 0.4) is 0 Å². The minimum absolute atomic E-state index is 0.285. The predicted octanol–water partition coefficient (Wildman–Crippen LogP) is 3.00. The van der Waals surface area contributed by atoms with E-state index in [9.17, 15) is 8.78 Å². The van der Waals surface area contributed by atoms with Gasteiger partial charge in [-0.2, -0.15) is 0 Å². The first-order valence-corrected chi connectivity index (χ1v) is 3.32. The summed E-state index contributed by atoms with van der Waals surface area (Å²) in [7, 11) is 0. The van der Waals surface area contributed by atoms with Crippen LogP contribution in [0.15, 0.2) is 24.3 Å². The quantitative estimate of drug-likeness (QED) is 0.583. The molecule has 2 heteroatoms. The van der Waals surface area contributed by atoms with E-state index < -0.39 is 11.6 Å². The number of hydrogen-bond donors (Lipinski definition) is 0. The van der Waals surface area contributed by atoms with E-state index in [1.807, 2.05) is 0 Å². The van der Waals surface area contributed by atoms with E-state index in [1.54, 1.807) is 13.0 Å². The Kier molecular flexibility index (Phi) is 2.36. The van der Waals surface area contributed by atoms with Gasteiger partial charge in [-0.3, -0.25) is 0 Å². The average molecular weight is 154 g/mol. The lowest BCUT2D eigenvalue weighted by Crippen LogP contribution is -1.86. The van der Waals surface area contributed by atoms with Crippen molar-refractivity contribution in [3.8, 4) is 0 Å². The molecule has 0 atom stereocenters. The lowest BCUT2D eigenvalue weighted by Gasteiger charge is -1.95. The van der Waals surface area contributed by atoms with Gasteiger partial charge in [-0.1, -0.05) is 24.3 Å². The van der Waals surface area contributed by atoms with E-state index in [0.29, 0.717) is 0 Å². The standard InChI is InChI=1S/C9H8F2/c1-2-4-7-5-3-6-8(10)9(7)11/h2-6H,1H3/b4-2+. The molecule has 0 saturated heterocycles. The molecule has 0 spiro atoms. The third-order valence-corrected chi connectivity index (χ3v) is 1.33. The van der Waals surface area contributed by atoms with E-state index in [2.05, 4.69) is 0 Å². The Bertz CT molecular complexity index is 277. The topological polar surface area (TPSA) is 0 Å². The van der Waals surface area contributed by atoms with Gasteiger partial charge in [0.2, 0.25) is 0 Å². The van der Waals surface area contributed by atoms with E-state index in [4.69, 9.17) is 0 Å². The summed E-state index contributed by atoms with van der Waals surface area (Å²) in [6, 6.07) is 4.11. The Balaban J connectivity index is 3.16. The molecule has 0 radical (unpaired) electrons. The molecule has 0 aromatic heterocycles. The highest BCUT2D eigenvalue weighted by Gasteiger charge is 2.02.